The van der Waals surface area contributed by atoms with E-state index in [1.165, 1.54) is 0 Å². The van der Waals surface area contributed by atoms with Crippen LogP contribution in [-0.2, 0) is 9.53 Å². The highest BCUT2D eigenvalue weighted by Crippen LogP contribution is 2.61. The molecule has 0 amide bonds. The predicted molar refractivity (Wildman–Crippen MR) is 52.5 cm³/mol. The van der Waals surface area contributed by atoms with Gasteiger partial charge >= 0.3 is 5.97 Å². The van der Waals surface area contributed by atoms with E-state index in [0.29, 0.717) is 15.8 Å². The van der Waals surface area contributed by atoms with Crippen LogP contribution in [0.1, 0.15) is 12.8 Å². The van der Waals surface area contributed by atoms with Crippen LogP contribution in [-0.4, -0.2) is 20.9 Å². The van der Waals surface area contributed by atoms with Crippen molar-refractivity contribution < 1.29 is 9.53 Å². The van der Waals surface area contributed by atoms with Crippen molar-refractivity contribution in [3.05, 3.63) is 0 Å². The van der Waals surface area contributed by atoms with Crippen LogP contribution < -0.4 is 0 Å². The van der Waals surface area contributed by atoms with Crippen molar-refractivity contribution in [3.63, 3.8) is 0 Å². The largest absolute Gasteiger partial charge is 0.460 e. The fourth-order valence-electron chi connectivity index (χ4n) is 2.86. The van der Waals surface area contributed by atoms with Crippen LogP contribution in [0.4, 0.5) is 0 Å². The second-order valence-electron chi connectivity index (χ2n) is 3.98. The van der Waals surface area contributed by atoms with Crippen LogP contribution in [0.3, 0.4) is 0 Å². The molecule has 3 fully saturated rings. The summed E-state index contributed by atoms with van der Waals surface area (Å²) in [6, 6.07) is 0. The van der Waals surface area contributed by atoms with Gasteiger partial charge in [-0.3, -0.25) is 4.79 Å². The van der Waals surface area contributed by atoms with Gasteiger partial charge in [0, 0.05) is 5.92 Å². The zero-order valence-corrected chi connectivity index (χ0v) is 9.21. The molecule has 1 aliphatic heterocycles. The highest BCUT2D eigenvalue weighted by molar-refractivity contribution is 14.1. The monoisotopic (exact) mass is 298 g/mol. The molecular formula is C8H8ClIO2. The Bertz CT molecular complexity index is 270. The molecule has 2 saturated carbocycles. The minimum atomic E-state index is -0.628. The van der Waals surface area contributed by atoms with Crippen LogP contribution in [0.15, 0.2) is 0 Å². The van der Waals surface area contributed by atoms with Gasteiger partial charge in [-0.2, -0.15) is 0 Å². The molecule has 0 aromatic carbocycles. The zero-order chi connectivity index (χ0) is 8.51. The molecule has 1 saturated heterocycles. The lowest BCUT2D eigenvalue weighted by Gasteiger charge is -2.24. The number of hydrogen-bond acceptors (Lipinski definition) is 2. The molecule has 1 heterocycles. The summed E-state index contributed by atoms with van der Waals surface area (Å²) in [4.78, 5) is 10.8. The maximum absolute atomic E-state index is 11.4. The normalized spacial score (nSPS) is 61.0. The maximum atomic E-state index is 11.4. The van der Waals surface area contributed by atoms with Crippen molar-refractivity contribution in [2.24, 2.45) is 11.8 Å². The van der Waals surface area contributed by atoms with E-state index in [4.69, 9.17) is 16.3 Å². The number of esters is 1. The molecule has 2 aliphatic carbocycles. The molecule has 2 bridgehead atoms. The first kappa shape index (κ1) is 7.85. The summed E-state index contributed by atoms with van der Waals surface area (Å²) in [6.07, 6.45) is 2.05. The number of halogens is 2. The van der Waals surface area contributed by atoms with Gasteiger partial charge in [0.2, 0.25) is 0 Å². The highest BCUT2D eigenvalue weighted by atomic mass is 127. The van der Waals surface area contributed by atoms with E-state index in [1.807, 2.05) is 0 Å². The van der Waals surface area contributed by atoms with Gasteiger partial charge in [-0.15, -0.1) is 11.6 Å². The predicted octanol–water partition coefficient (Wildman–Crippen LogP) is 1.73. The van der Waals surface area contributed by atoms with Gasteiger partial charge in [-0.05, 0) is 18.8 Å². The molecule has 4 heteroatoms. The van der Waals surface area contributed by atoms with Crippen LogP contribution in [0.2, 0.25) is 0 Å². The molecule has 3 rings (SSSR count). The van der Waals surface area contributed by atoms with Crippen molar-refractivity contribution in [2.45, 2.75) is 27.7 Å². The molecule has 2 nitrogen and oxygen atoms in total. The molecule has 12 heavy (non-hydrogen) atoms. The molecule has 0 unspecified atom stereocenters. The highest BCUT2D eigenvalue weighted by Gasteiger charge is 2.69. The number of alkyl halides is 2. The Morgan fingerprint density at radius 2 is 2.42 bits per heavy atom. The number of hydrogen-bond donors (Lipinski definition) is 0. The quantitative estimate of drug-likeness (QED) is 0.387. The van der Waals surface area contributed by atoms with Gasteiger partial charge in [0.1, 0.15) is 11.0 Å². The smallest absolute Gasteiger partial charge is 0.327 e. The minimum absolute atomic E-state index is 0.120. The second-order valence-corrected chi connectivity index (χ2v) is 6.10. The molecule has 0 aromatic rings. The molecule has 0 N–H and O–H groups in total. The first-order chi connectivity index (χ1) is 5.63. The summed E-state index contributed by atoms with van der Waals surface area (Å²) >= 11 is 8.63. The van der Waals surface area contributed by atoms with Crippen LogP contribution in [0.25, 0.3) is 0 Å². The number of rotatable bonds is 0. The topological polar surface area (TPSA) is 26.3 Å². The third kappa shape index (κ3) is 0.672. The van der Waals surface area contributed by atoms with E-state index in [9.17, 15) is 4.79 Å². The summed E-state index contributed by atoms with van der Waals surface area (Å²) < 4.78 is 5.78. The lowest BCUT2D eigenvalue weighted by Crippen LogP contribution is -2.36. The molecule has 0 radical (unpaired) electrons. The lowest BCUT2D eigenvalue weighted by molar-refractivity contribution is -0.142. The van der Waals surface area contributed by atoms with Crippen LogP contribution >= 0.6 is 34.2 Å². The van der Waals surface area contributed by atoms with Crippen LogP contribution in [0, 0.1) is 11.8 Å². The van der Waals surface area contributed by atoms with Gasteiger partial charge < -0.3 is 4.74 Å². The third-order valence-corrected chi connectivity index (χ3v) is 5.76. The Kier molecular flexibility index (Phi) is 1.38. The average Bonchev–Trinajstić information content (AvgIpc) is 2.53. The first-order valence-electron chi connectivity index (χ1n) is 4.17. The Morgan fingerprint density at radius 3 is 3.00 bits per heavy atom. The summed E-state index contributed by atoms with van der Waals surface area (Å²) in [5, 5.41) is 0. The fraction of sp³-hybridized carbons (Fsp3) is 0.875. The average molecular weight is 299 g/mol. The molecule has 66 valence electrons. The van der Waals surface area contributed by atoms with Crippen molar-refractivity contribution in [3.8, 4) is 0 Å². The molecular weight excluding hydrogens is 290 g/mol. The van der Waals surface area contributed by atoms with E-state index in [1.54, 1.807) is 0 Å². The summed E-state index contributed by atoms with van der Waals surface area (Å²) in [6.45, 7) is 0. The molecule has 0 spiro atoms. The van der Waals surface area contributed by atoms with Crippen LogP contribution in [0.5, 0.6) is 0 Å². The number of carbonyl (C=O) groups is 1. The van der Waals surface area contributed by atoms with Crippen molar-refractivity contribution in [1.29, 1.82) is 0 Å². The van der Waals surface area contributed by atoms with Crippen molar-refractivity contribution in [1.82, 2.24) is 0 Å². The van der Waals surface area contributed by atoms with E-state index in [2.05, 4.69) is 22.6 Å². The number of fused-ring (bicyclic) bond motifs is 1. The van der Waals surface area contributed by atoms with Gasteiger partial charge in [0.25, 0.3) is 0 Å². The molecule has 0 aromatic heterocycles. The van der Waals surface area contributed by atoms with Gasteiger partial charge in [-0.1, -0.05) is 22.6 Å². The summed E-state index contributed by atoms with van der Waals surface area (Å²) in [7, 11) is 0. The fourth-order valence-corrected chi connectivity index (χ4v) is 4.51. The van der Waals surface area contributed by atoms with Gasteiger partial charge in [0.05, 0.1) is 3.92 Å². The van der Waals surface area contributed by atoms with Crippen molar-refractivity contribution >= 4 is 40.2 Å². The molecule has 5 atom stereocenters. The SMILES string of the molecule is O=C1O[C@@H]2[C@H](I)[C@H]3C[C@@H]2[C@]1(Cl)C3. The Labute approximate surface area is 89.1 Å². The summed E-state index contributed by atoms with van der Waals surface area (Å²) in [5.41, 5.74) is 0. The maximum Gasteiger partial charge on any atom is 0.327 e. The Morgan fingerprint density at radius 1 is 1.67 bits per heavy atom. The van der Waals surface area contributed by atoms with E-state index in [0.717, 1.165) is 12.8 Å². The number of carbonyl (C=O) groups excluding carboxylic acids is 1. The third-order valence-electron chi connectivity index (χ3n) is 3.45. The van der Waals surface area contributed by atoms with E-state index >= 15 is 0 Å². The van der Waals surface area contributed by atoms with Crippen molar-refractivity contribution in [2.75, 3.05) is 0 Å². The van der Waals surface area contributed by atoms with E-state index in [-0.39, 0.29) is 12.1 Å². The molecule has 3 aliphatic rings. The number of ether oxygens (including phenoxy) is 1. The lowest BCUT2D eigenvalue weighted by atomic mass is 9.89. The van der Waals surface area contributed by atoms with Gasteiger partial charge in [0.15, 0.2) is 0 Å². The standard InChI is InChI=1S/C8H8ClIO2/c9-8-2-3-1-4(8)6(5(3)10)12-7(8)11/h3-6H,1-2H2/t3-,4-,5+,6-,8+/m0/s1. The zero-order valence-electron chi connectivity index (χ0n) is 6.30. The van der Waals surface area contributed by atoms with E-state index < -0.39 is 4.87 Å². The summed E-state index contributed by atoms with van der Waals surface area (Å²) in [5.74, 6) is 0.754. The Balaban J connectivity index is 2.09. The minimum Gasteiger partial charge on any atom is -0.460 e. The Hall–Kier alpha value is 0.490. The second kappa shape index (κ2) is 2.11. The van der Waals surface area contributed by atoms with Gasteiger partial charge in [-0.25, -0.2) is 0 Å². The first-order valence-corrected chi connectivity index (χ1v) is 5.79.